The van der Waals surface area contributed by atoms with E-state index in [0.717, 1.165) is 22.6 Å². The number of carbonyl (C=O) groups is 1. The van der Waals surface area contributed by atoms with Gasteiger partial charge in [0.15, 0.2) is 0 Å². The van der Waals surface area contributed by atoms with Gasteiger partial charge in [-0.2, -0.15) is 0 Å². The van der Waals surface area contributed by atoms with E-state index in [-0.39, 0.29) is 11.4 Å². The molecule has 3 nitrogen and oxygen atoms in total. The lowest BCUT2D eigenvalue weighted by atomic mass is 10.1. The number of amides is 2. The second-order valence-corrected chi connectivity index (χ2v) is 7.86. The van der Waals surface area contributed by atoms with Gasteiger partial charge in [-0.25, -0.2) is 4.79 Å². The molecule has 0 spiro atoms. The number of thioether (sulfide) groups is 1. The zero-order chi connectivity index (χ0) is 17.3. The van der Waals surface area contributed by atoms with E-state index in [9.17, 15) is 4.79 Å². The van der Waals surface area contributed by atoms with Gasteiger partial charge in [0.05, 0.1) is 0 Å². The largest absolute Gasteiger partial charge is 0.323 e. The molecule has 2 aromatic carbocycles. The lowest BCUT2D eigenvalue weighted by Gasteiger charge is -2.25. The standard InChI is InChI=1S/C18H18Cl2N2OS/c1-11-3-6-16(12(2)9-11)21-18(23)22-7-8-24-17(22)14-5-4-13(19)10-15(14)20/h3-6,9-10,17H,7-8H2,1-2H3,(H,21,23)/t17-/m0/s1. The number of hydrogen-bond donors (Lipinski definition) is 1. The van der Waals surface area contributed by atoms with Gasteiger partial charge in [0.2, 0.25) is 0 Å². The van der Waals surface area contributed by atoms with Gasteiger partial charge < -0.3 is 10.2 Å². The first-order valence-corrected chi connectivity index (χ1v) is 9.47. The molecule has 2 amide bonds. The maximum atomic E-state index is 12.7. The number of halogens is 2. The summed E-state index contributed by atoms with van der Waals surface area (Å²) in [5.74, 6) is 0.879. The highest BCUT2D eigenvalue weighted by atomic mass is 35.5. The number of hydrogen-bond acceptors (Lipinski definition) is 2. The normalized spacial score (nSPS) is 17.2. The lowest BCUT2D eigenvalue weighted by Crippen LogP contribution is -2.34. The number of rotatable bonds is 2. The number of nitrogens with one attached hydrogen (secondary N) is 1. The molecule has 1 saturated heterocycles. The average molecular weight is 381 g/mol. The minimum absolute atomic E-state index is 0.0967. The van der Waals surface area contributed by atoms with Crippen molar-refractivity contribution < 1.29 is 4.79 Å². The first-order valence-electron chi connectivity index (χ1n) is 7.67. The van der Waals surface area contributed by atoms with E-state index in [2.05, 4.69) is 11.4 Å². The second kappa shape index (κ2) is 7.26. The molecule has 1 atom stereocenters. The van der Waals surface area contributed by atoms with Crippen molar-refractivity contribution in [1.82, 2.24) is 4.90 Å². The molecule has 3 rings (SSSR count). The van der Waals surface area contributed by atoms with Crippen molar-refractivity contribution >= 4 is 46.7 Å². The van der Waals surface area contributed by atoms with Crippen LogP contribution in [0, 0.1) is 13.8 Å². The Morgan fingerprint density at radius 3 is 2.71 bits per heavy atom. The Morgan fingerprint density at radius 1 is 1.21 bits per heavy atom. The number of carbonyl (C=O) groups excluding carboxylic acids is 1. The van der Waals surface area contributed by atoms with E-state index in [1.165, 1.54) is 5.56 Å². The highest BCUT2D eigenvalue weighted by Crippen LogP contribution is 2.41. The predicted molar refractivity (Wildman–Crippen MR) is 103 cm³/mol. The van der Waals surface area contributed by atoms with E-state index in [0.29, 0.717) is 16.6 Å². The third kappa shape index (κ3) is 3.66. The first-order chi connectivity index (χ1) is 11.5. The Labute approximate surface area is 156 Å². The fraction of sp³-hybridized carbons (Fsp3) is 0.278. The van der Waals surface area contributed by atoms with Crippen molar-refractivity contribution in [3.05, 3.63) is 63.1 Å². The van der Waals surface area contributed by atoms with E-state index in [4.69, 9.17) is 23.2 Å². The molecule has 1 aliphatic rings. The number of urea groups is 1. The Bertz CT molecular complexity index is 782. The van der Waals surface area contributed by atoms with Crippen LogP contribution in [0.2, 0.25) is 10.0 Å². The van der Waals surface area contributed by atoms with Crippen LogP contribution in [0.1, 0.15) is 22.1 Å². The predicted octanol–water partition coefficient (Wildman–Crippen LogP) is 5.89. The Kier molecular flexibility index (Phi) is 5.28. The maximum absolute atomic E-state index is 12.7. The number of benzene rings is 2. The van der Waals surface area contributed by atoms with Crippen molar-refractivity contribution in [3.63, 3.8) is 0 Å². The van der Waals surface area contributed by atoms with Gasteiger partial charge in [-0.05, 0) is 37.6 Å². The summed E-state index contributed by atoms with van der Waals surface area (Å²) in [5.41, 5.74) is 3.98. The van der Waals surface area contributed by atoms with Gasteiger partial charge in [-0.3, -0.25) is 0 Å². The van der Waals surface area contributed by atoms with Gasteiger partial charge in [0.1, 0.15) is 5.37 Å². The van der Waals surface area contributed by atoms with E-state index in [1.807, 2.05) is 43.0 Å². The molecule has 0 radical (unpaired) electrons. The zero-order valence-corrected chi connectivity index (χ0v) is 15.8. The van der Waals surface area contributed by atoms with Crippen molar-refractivity contribution in [2.75, 3.05) is 17.6 Å². The summed E-state index contributed by atoms with van der Waals surface area (Å²) in [6, 6.07) is 11.3. The average Bonchev–Trinajstić information content (AvgIpc) is 2.99. The summed E-state index contributed by atoms with van der Waals surface area (Å²) < 4.78 is 0. The quantitative estimate of drug-likeness (QED) is 0.704. The van der Waals surface area contributed by atoms with E-state index in [1.54, 1.807) is 17.8 Å². The van der Waals surface area contributed by atoms with Crippen LogP contribution >= 0.6 is 35.0 Å². The highest BCUT2D eigenvalue weighted by molar-refractivity contribution is 7.99. The first kappa shape index (κ1) is 17.5. The summed E-state index contributed by atoms with van der Waals surface area (Å²) in [7, 11) is 0. The molecule has 0 bridgehead atoms. The van der Waals surface area contributed by atoms with Crippen LogP contribution in [0.15, 0.2) is 36.4 Å². The summed E-state index contributed by atoms with van der Waals surface area (Å²) in [6.45, 7) is 4.72. The van der Waals surface area contributed by atoms with Gasteiger partial charge in [-0.15, -0.1) is 11.8 Å². The molecule has 2 aromatic rings. The monoisotopic (exact) mass is 380 g/mol. The smallest absolute Gasteiger partial charge is 0.308 e. The molecule has 1 aliphatic heterocycles. The Morgan fingerprint density at radius 2 is 2.00 bits per heavy atom. The summed E-state index contributed by atoms with van der Waals surface area (Å²) in [4.78, 5) is 14.6. The SMILES string of the molecule is Cc1ccc(NC(=O)N2CCS[C@H]2c2ccc(Cl)cc2Cl)c(C)c1. The van der Waals surface area contributed by atoms with Crippen LogP contribution in [-0.4, -0.2) is 23.2 Å². The minimum atomic E-state index is -0.108. The second-order valence-electron chi connectivity index (χ2n) is 5.83. The molecule has 6 heteroatoms. The van der Waals surface area contributed by atoms with E-state index < -0.39 is 0 Å². The maximum Gasteiger partial charge on any atom is 0.323 e. The molecule has 0 unspecified atom stereocenters. The molecule has 24 heavy (non-hydrogen) atoms. The van der Waals surface area contributed by atoms with Crippen LogP contribution in [0.5, 0.6) is 0 Å². The fourth-order valence-electron chi connectivity index (χ4n) is 2.78. The van der Waals surface area contributed by atoms with Crippen molar-refractivity contribution in [2.24, 2.45) is 0 Å². The van der Waals surface area contributed by atoms with Crippen LogP contribution in [0.25, 0.3) is 0 Å². The van der Waals surface area contributed by atoms with Gasteiger partial charge in [0.25, 0.3) is 0 Å². The number of nitrogens with zero attached hydrogens (tertiary/aromatic N) is 1. The molecule has 0 aromatic heterocycles. The number of anilines is 1. The molecule has 1 fully saturated rings. The molecule has 0 saturated carbocycles. The molecule has 0 aliphatic carbocycles. The molecule has 1 N–H and O–H groups in total. The zero-order valence-electron chi connectivity index (χ0n) is 13.5. The molecule has 126 valence electrons. The minimum Gasteiger partial charge on any atom is -0.308 e. The molecular weight excluding hydrogens is 363 g/mol. The summed E-state index contributed by atoms with van der Waals surface area (Å²) in [6.07, 6.45) is 0. The lowest BCUT2D eigenvalue weighted by molar-refractivity contribution is 0.214. The van der Waals surface area contributed by atoms with Gasteiger partial charge in [-0.1, -0.05) is 47.0 Å². The van der Waals surface area contributed by atoms with Gasteiger partial charge in [0, 0.05) is 33.6 Å². The molecular formula is C18H18Cl2N2OS. The Hall–Kier alpha value is -1.36. The topological polar surface area (TPSA) is 32.3 Å². The van der Waals surface area contributed by atoms with Crippen LogP contribution in [0.4, 0.5) is 10.5 Å². The summed E-state index contributed by atoms with van der Waals surface area (Å²) in [5, 5.41) is 4.10. The van der Waals surface area contributed by atoms with E-state index >= 15 is 0 Å². The Balaban J connectivity index is 1.81. The molecule has 1 heterocycles. The van der Waals surface area contributed by atoms with Crippen molar-refractivity contribution in [3.8, 4) is 0 Å². The van der Waals surface area contributed by atoms with Crippen molar-refractivity contribution in [1.29, 1.82) is 0 Å². The third-order valence-electron chi connectivity index (χ3n) is 4.00. The van der Waals surface area contributed by atoms with Gasteiger partial charge >= 0.3 is 6.03 Å². The van der Waals surface area contributed by atoms with Crippen LogP contribution in [-0.2, 0) is 0 Å². The third-order valence-corrected chi connectivity index (χ3v) is 5.81. The van der Waals surface area contributed by atoms with Crippen LogP contribution < -0.4 is 5.32 Å². The number of aryl methyl sites for hydroxylation is 2. The van der Waals surface area contributed by atoms with Crippen molar-refractivity contribution in [2.45, 2.75) is 19.2 Å². The summed E-state index contributed by atoms with van der Waals surface area (Å²) >= 11 is 14.0. The van der Waals surface area contributed by atoms with Crippen LogP contribution in [0.3, 0.4) is 0 Å². The highest BCUT2D eigenvalue weighted by Gasteiger charge is 2.32. The fourth-order valence-corrected chi connectivity index (χ4v) is 4.65.